The third kappa shape index (κ3) is 3.61. The van der Waals surface area contributed by atoms with Crippen molar-refractivity contribution in [1.29, 1.82) is 0 Å². The topological polar surface area (TPSA) is 83.9 Å². The lowest BCUT2D eigenvalue weighted by molar-refractivity contribution is 0.0665. The van der Waals surface area contributed by atoms with Crippen LogP contribution in [0.2, 0.25) is 0 Å². The number of nitrogens with zero attached hydrogens (tertiary/aromatic N) is 5. The zero-order valence-electron chi connectivity index (χ0n) is 13.1. The predicted molar refractivity (Wildman–Crippen MR) is 85.9 cm³/mol. The Balaban J connectivity index is 1.68. The lowest BCUT2D eigenvalue weighted by Gasteiger charge is -2.32. The molecule has 1 atom stereocenters. The molecule has 0 spiro atoms. The summed E-state index contributed by atoms with van der Waals surface area (Å²) in [6.07, 6.45) is 7.86. The number of rotatable bonds is 4. The van der Waals surface area contributed by atoms with Gasteiger partial charge >= 0.3 is 0 Å². The number of hydrogen-bond donors (Lipinski definition) is 1. The molecule has 0 aromatic carbocycles. The van der Waals surface area contributed by atoms with Crippen molar-refractivity contribution in [2.24, 2.45) is 5.92 Å². The number of anilines is 1. The minimum atomic E-state index is -0.0456. The van der Waals surface area contributed by atoms with Gasteiger partial charge in [0.25, 0.3) is 5.91 Å². The lowest BCUT2D eigenvalue weighted by atomic mass is 9.93. The molecule has 0 radical (unpaired) electrons. The first-order valence-electron chi connectivity index (χ1n) is 7.82. The fraction of sp³-hybridized carbons (Fsp3) is 0.438. The Bertz CT molecular complexity index is 663. The minimum Gasteiger partial charge on any atom is -0.372 e. The van der Waals surface area contributed by atoms with Crippen molar-refractivity contribution >= 4 is 11.7 Å². The van der Waals surface area contributed by atoms with Crippen LogP contribution in [0.1, 0.15) is 29.0 Å². The Morgan fingerprint density at radius 2 is 2.22 bits per heavy atom. The second-order valence-corrected chi connectivity index (χ2v) is 5.67. The molecule has 2 aromatic heterocycles. The van der Waals surface area contributed by atoms with E-state index in [-0.39, 0.29) is 5.91 Å². The van der Waals surface area contributed by atoms with Gasteiger partial charge in [-0.1, -0.05) is 0 Å². The maximum atomic E-state index is 12.5. The van der Waals surface area contributed by atoms with Crippen molar-refractivity contribution in [3.8, 4) is 0 Å². The summed E-state index contributed by atoms with van der Waals surface area (Å²) < 4.78 is 0. The van der Waals surface area contributed by atoms with E-state index in [0.717, 1.165) is 43.9 Å². The molecular weight excluding hydrogens is 292 g/mol. The van der Waals surface area contributed by atoms with Crippen molar-refractivity contribution in [1.82, 2.24) is 25.1 Å². The van der Waals surface area contributed by atoms with E-state index in [1.165, 1.54) is 0 Å². The summed E-state index contributed by atoms with van der Waals surface area (Å²) in [5, 5.41) is 10.8. The van der Waals surface area contributed by atoms with Gasteiger partial charge in [0.05, 0.1) is 5.69 Å². The van der Waals surface area contributed by atoms with Gasteiger partial charge in [0.1, 0.15) is 5.82 Å². The maximum absolute atomic E-state index is 12.5. The van der Waals surface area contributed by atoms with Crippen molar-refractivity contribution in [2.75, 3.05) is 25.5 Å². The van der Waals surface area contributed by atoms with Crippen LogP contribution in [0.25, 0.3) is 0 Å². The largest absolute Gasteiger partial charge is 0.372 e. The van der Waals surface area contributed by atoms with Gasteiger partial charge in [-0.15, -0.1) is 5.10 Å². The van der Waals surface area contributed by atoms with E-state index in [1.54, 1.807) is 30.7 Å². The predicted octanol–water partition coefficient (Wildman–Crippen LogP) is 1.40. The lowest BCUT2D eigenvalue weighted by Crippen LogP contribution is -2.41. The van der Waals surface area contributed by atoms with Gasteiger partial charge in [0, 0.05) is 38.7 Å². The van der Waals surface area contributed by atoms with Crippen LogP contribution in [0.15, 0.2) is 30.7 Å². The van der Waals surface area contributed by atoms with Crippen LogP contribution in [-0.4, -0.2) is 51.1 Å². The minimum absolute atomic E-state index is 0.0456. The molecule has 3 rings (SSSR count). The molecule has 3 heterocycles. The highest BCUT2D eigenvalue weighted by molar-refractivity contribution is 5.92. The Morgan fingerprint density at radius 3 is 3.00 bits per heavy atom. The van der Waals surface area contributed by atoms with Crippen LogP contribution < -0.4 is 5.32 Å². The quantitative estimate of drug-likeness (QED) is 0.919. The van der Waals surface area contributed by atoms with E-state index in [1.807, 2.05) is 11.9 Å². The summed E-state index contributed by atoms with van der Waals surface area (Å²) in [4.78, 5) is 23.1. The zero-order valence-corrected chi connectivity index (χ0v) is 13.1. The van der Waals surface area contributed by atoms with Crippen LogP contribution in [0, 0.1) is 5.92 Å². The molecule has 2 aromatic rings. The fourth-order valence-corrected chi connectivity index (χ4v) is 2.99. The highest BCUT2D eigenvalue weighted by Crippen LogP contribution is 2.23. The first kappa shape index (κ1) is 15.3. The SMILES string of the molecule is CNc1nccnc1C[C@H]1CCCN(C(=O)c2cccnn2)C1. The Kier molecular flexibility index (Phi) is 4.75. The maximum Gasteiger partial charge on any atom is 0.274 e. The number of hydrogen-bond acceptors (Lipinski definition) is 6. The highest BCUT2D eigenvalue weighted by atomic mass is 16.2. The van der Waals surface area contributed by atoms with Crippen molar-refractivity contribution < 1.29 is 4.79 Å². The highest BCUT2D eigenvalue weighted by Gasteiger charge is 2.26. The van der Waals surface area contributed by atoms with Crippen LogP contribution in [-0.2, 0) is 6.42 Å². The van der Waals surface area contributed by atoms with Crippen LogP contribution in [0.5, 0.6) is 0 Å². The van der Waals surface area contributed by atoms with E-state index in [0.29, 0.717) is 11.6 Å². The first-order valence-corrected chi connectivity index (χ1v) is 7.82. The number of carbonyl (C=O) groups excluding carboxylic acids is 1. The van der Waals surface area contributed by atoms with E-state index < -0.39 is 0 Å². The third-order valence-corrected chi connectivity index (χ3v) is 4.09. The molecule has 1 N–H and O–H groups in total. The summed E-state index contributed by atoms with van der Waals surface area (Å²) in [6.45, 7) is 1.49. The smallest absolute Gasteiger partial charge is 0.274 e. The van der Waals surface area contributed by atoms with E-state index in [4.69, 9.17) is 0 Å². The molecule has 0 unspecified atom stereocenters. The molecule has 7 nitrogen and oxygen atoms in total. The molecule has 1 saturated heterocycles. The third-order valence-electron chi connectivity index (χ3n) is 4.09. The second kappa shape index (κ2) is 7.13. The van der Waals surface area contributed by atoms with Gasteiger partial charge in [-0.25, -0.2) is 4.98 Å². The first-order chi connectivity index (χ1) is 11.3. The summed E-state index contributed by atoms with van der Waals surface area (Å²) >= 11 is 0. The van der Waals surface area contributed by atoms with E-state index >= 15 is 0 Å². The summed E-state index contributed by atoms with van der Waals surface area (Å²) in [7, 11) is 1.85. The van der Waals surface area contributed by atoms with Gasteiger partial charge in [0.15, 0.2) is 5.69 Å². The van der Waals surface area contributed by atoms with Crippen LogP contribution in [0.4, 0.5) is 5.82 Å². The molecule has 7 heteroatoms. The normalized spacial score (nSPS) is 17.8. The van der Waals surface area contributed by atoms with Gasteiger partial charge < -0.3 is 10.2 Å². The van der Waals surface area contributed by atoms with Crippen molar-refractivity contribution in [2.45, 2.75) is 19.3 Å². The molecule has 23 heavy (non-hydrogen) atoms. The van der Waals surface area contributed by atoms with Gasteiger partial charge in [-0.2, -0.15) is 5.10 Å². The van der Waals surface area contributed by atoms with E-state index in [9.17, 15) is 4.79 Å². The van der Waals surface area contributed by atoms with Gasteiger partial charge in [-0.05, 0) is 37.3 Å². The molecule has 1 aliphatic rings. The molecule has 1 amide bonds. The zero-order chi connectivity index (χ0) is 16.1. The van der Waals surface area contributed by atoms with Crippen LogP contribution >= 0.6 is 0 Å². The number of aromatic nitrogens is 4. The number of likely N-dealkylation sites (tertiary alicyclic amines) is 1. The average molecular weight is 312 g/mol. The molecule has 120 valence electrons. The van der Waals surface area contributed by atoms with Crippen molar-refractivity contribution in [3.63, 3.8) is 0 Å². The number of amides is 1. The van der Waals surface area contributed by atoms with E-state index in [2.05, 4.69) is 25.5 Å². The molecule has 1 aliphatic heterocycles. The second-order valence-electron chi connectivity index (χ2n) is 5.67. The van der Waals surface area contributed by atoms with Gasteiger partial charge in [-0.3, -0.25) is 9.78 Å². The standard InChI is InChI=1S/C16H20N6O/c1-17-15-14(18-7-8-19-15)10-12-4-3-9-22(11-12)16(23)13-5-2-6-20-21-13/h2,5-8,12H,3-4,9-11H2,1H3,(H,17,19)/t12-/m1/s1. The molecular formula is C16H20N6O. The van der Waals surface area contributed by atoms with Crippen molar-refractivity contribution in [3.05, 3.63) is 42.1 Å². The number of piperidine rings is 1. The summed E-state index contributed by atoms with van der Waals surface area (Å²) in [6, 6.07) is 3.45. The average Bonchev–Trinajstić information content (AvgIpc) is 2.62. The Labute approximate surface area is 135 Å². The molecule has 1 fully saturated rings. The number of nitrogens with one attached hydrogen (secondary N) is 1. The Hall–Kier alpha value is -2.57. The molecule has 0 bridgehead atoms. The number of carbonyl (C=O) groups is 1. The fourth-order valence-electron chi connectivity index (χ4n) is 2.99. The Morgan fingerprint density at radius 1 is 1.35 bits per heavy atom. The summed E-state index contributed by atoms with van der Waals surface area (Å²) in [5.74, 6) is 1.15. The van der Waals surface area contributed by atoms with Gasteiger partial charge in [0.2, 0.25) is 0 Å². The molecule has 0 aliphatic carbocycles. The van der Waals surface area contributed by atoms with Crippen LogP contribution in [0.3, 0.4) is 0 Å². The summed E-state index contributed by atoms with van der Waals surface area (Å²) in [5.41, 5.74) is 1.36. The monoisotopic (exact) mass is 312 g/mol. The molecule has 0 saturated carbocycles.